The Hall–Kier alpha value is -1.81. The highest BCUT2D eigenvalue weighted by atomic mass is 35.5. The second-order valence-corrected chi connectivity index (χ2v) is 6.69. The number of carbonyl (C=O) groups excluding carboxylic acids is 1. The molecule has 0 unspecified atom stereocenters. The summed E-state index contributed by atoms with van der Waals surface area (Å²) in [6, 6.07) is 7.72. The number of nitrogens with zero attached hydrogens (tertiary/aromatic N) is 2. The maximum absolute atomic E-state index is 12.5. The molecular weight excluding hydrogens is 310 g/mol. The van der Waals surface area contributed by atoms with Crippen LogP contribution in [0, 0.1) is 6.92 Å². The SMILES string of the molecule is Cc1cnc([C@H]2CCCN(C(=O)CCc3ccc(Cl)cc3)C2)[nH]1. The van der Waals surface area contributed by atoms with E-state index in [-0.39, 0.29) is 5.91 Å². The summed E-state index contributed by atoms with van der Waals surface area (Å²) in [4.78, 5) is 22.2. The zero-order valence-corrected chi connectivity index (χ0v) is 14.1. The maximum atomic E-state index is 12.5. The van der Waals surface area contributed by atoms with E-state index in [0.29, 0.717) is 12.3 Å². The van der Waals surface area contributed by atoms with E-state index in [4.69, 9.17) is 11.6 Å². The van der Waals surface area contributed by atoms with E-state index in [9.17, 15) is 4.79 Å². The quantitative estimate of drug-likeness (QED) is 0.928. The van der Waals surface area contributed by atoms with Gasteiger partial charge in [0.1, 0.15) is 5.82 Å². The summed E-state index contributed by atoms with van der Waals surface area (Å²) in [5, 5.41) is 0.729. The van der Waals surface area contributed by atoms with Crippen molar-refractivity contribution in [3.05, 3.63) is 52.6 Å². The van der Waals surface area contributed by atoms with Gasteiger partial charge in [0.05, 0.1) is 0 Å². The molecule has 1 atom stereocenters. The second-order valence-electron chi connectivity index (χ2n) is 6.26. The Morgan fingerprint density at radius 3 is 2.87 bits per heavy atom. The number of likely N-dealkylation sites (tertiary alicyclic amines) is 1. The molecule has 1 aliphatic rings. The van der Waals surface area contributed by atoms with Crippen molar-refractivity contribution >= 4 is 17.5 Å². The molecule has 2 heterocycles. The molecule has 0 radical (unpaired) electrons. The van der Waals surface area contributed by atoms with Crippen LogP contribution in [0.1, 0.15) is 42.3 Å². The van der Waals surface area contributed by atoms with E-state index in [0.717, 1.165) is 54.5 Å². The fraction of sp³-hybridized carbons (Fsp3) is 0.444. The number of piperidine rings is 1. The number of aromatic amines is 1. The highest BCUT2D eigenvalue weighted by Gasteiger charge is 2.26. The molecule has 1 aliphatic heterocycles. The normalized spacial score (nSPS) is 18.2. The van der Waals surface area contributed by atoms with Crippen molar-refractivity contribution < 1.29 is 4.79 Å². The molecule has 0 bridgehead atoms. The lowest BCUT2D eigenvalue weighted by Crippen LogP contribution is -2.39. The Morgan fingerprint density at radius 2 is 2.17 bits per heavy atom. The molecule has 122 valence electrons. The first kappa shape index (κ1) is 16.1. The van der Waals surface area contributed by atoms with Gasteiger partial charge in [0.2, 0.25) is 5.91 Å². The predicted octanol–water partition coefficient (Wildman–Crippen LogP) is 3.71. The van der Waals surface area contributed by atoms with Crippen LogP contribution in [0.5, 0.6) is 0 Å². The van der Waals surface area contributed by atoms with Crippen molar-refractivity contribution in [1.82, 2.24) is 14.9 Å². The van der Waals surface area contributed by atoms with Gasteiger partial charge in [0.25, 0.3) is 0 Å². The highest BCUT2D eigenvalue weighted by Crippen LogP contribution is 2.25. The molecule has 1 aromatic heterocycles. The van der Waals surface area contributed by atoms with E-state index in [1.165, 1.54) is 0 Å². The third-order valence-electron chi connectivity index (χ3n) is 4.42. The molecule has 1 amide bonds. The number of hydrogen-bond acceptors (Lipinski definition) is 2. The van der Waals surface area contributed by atoms with Crippen molar-refractivity contribution in [3.63, 3.8) is 0 Å². The summed E-state index contributed by atoms with van der Waals surface area (Å²) in [6.45, 7) is 3.64. The molecule has 23 heavy (non-hydrogen) atoms. The van der Waals surface area contributed by atoms with Crippen LogP contribution in [0.3, 0.4) is 0 Å². The number of halogens is 1. The molecule has 4 nitrogen and oxygen atoms in total. The van der Waals surface area contributed by atoms with Gasteiger partial charge < -0.3 is 9.88 Å². The average molecular weight is 332 g/mol. The van der Waals surface area contributed by atoms with Crippen molar-refractivity contribution in [2.24, 2.45) is 0 Å². The summed E-state index contributed by atoms with van der Waals surface area (Å²) < 4.78 is 0. The number of benzene rings is 1. The third-order valence-corrected chi connectivity index (χ3v) is 4.68. The maximum Gasteiger partial charge on any atom is 0.222 e. The molecule has 1 saturated heterocycles. The average Bonchev–Trinajstić information content (AvgIpc) is 3.01. The largest absolute Gasteiger partial charge is 0.346 e. The fourth-order valence-corrected chi connectivity index (χ4v) is 3.25. The van der Waals surface area contributed by atoms with Crippen LogP contribution >= 0.6 is 11.6 Å². The number of nitrogens with one attached hydrogen (secondary N) is 1. The lowest BCUT2D eigenvalue weighted by Gasteiger charge is -2.32. The lowest BCUT2D eigenvalue weighted by molar-refractivity contribution is -0.132. The molecule has 1 fully saturated rings. The summed E-state index contributed by atoms with van der Waals surface area (Å²) in [5.74, 6) is 1.57. The van der Waals surface area contributed by atoms with Gasteiger partial charge in [-0.25, -0.2) is 4.98 Å². The topological polar surface area (TPSA) is 49.0 Å². The Labute approximate surface area is 141 Å². The minimum absolute atomic E-state index is 0.230. The number of hydrogen-bond donors (Lipinski definition) is 1. The Bertz CT molecular complexity index is 665. The summed E-state index contributed by atoms with van der Waals surface area (Å²) in [5.41, 5.74) is 2.23. The van der Waals surface area contributed by atoms with Crippen LogP contribution in [0.4, 0.5) is 0 Å². The van der Waals surface area contributed by atoms with Gasteiger partial charge in [-0.1, -0.05) is 23.7 Å². The minimum atomic E-state index is 0.230. The molecule has 3 rings (SSSR count). The van der Waals surface area contributed by atoms with Gasteiger partial charge in [0.15, 0.2) is 0 Å². The number of aryl methyl sites for hydroxylation is 2. The third kappa shape index (κ3) is 4.14. The molecule has 0 saturated carbocycles. The number of H-pyrrole nitrogens is 1. The number of carbonyl (C=O) groups is 1. The zero-order chi connectivity index (χ0) is 16.2. The van der Waals surface area contributed by atoms with Crippen LogP contribution in [0.2, 0.25) is 5.02 Å². The molecule has 0 spiro atoms. The van der Waals surface area contributed by atoms with Crippen molar-refractivity contribution in [1.29, 1.82) is 0 Å². The second kappa shape index (κ2) is 7.18. The first-order chi connectivity index (χ1) is 11.1. The van der Waals surface area contributed by atoms with Gasteiger partial charge in [-0.2, -0.15) is 0 Å². The van der Waals surface area contributed by atoms with Crippen molar-refractivity contribution in [2.75, 3.05) is 13.1 Å². The molecule has 5 heteroatoms. The first-order valence-corrected chi connectivity index (χ1v) is 8.53. The number of amides is 1. The van der Waals surface area contributed by atoms with Crippen LogP contribution in [0.25, 0.3) is 0 Å². The summed E-state index contributed by atoms with van der Waals surface area (Å²) in [6.07, 6.45) is 5.30. The Balaban J connectivity index is 1.55. The standard InChI is InChI=1S/C18H22ClN3O/c1-13-11-20-18(21-13)15-3-2-10-22(12-15)17(23)9-6-14-4-7-16(19)8-5-14/h4-5,7-8,11,15H,2-3,6,9-10,12H2,1H3,(H,20,21)/t15-/m0/s1. The number of imidazole rings is 1. The molecule has 1 N–H and O–H groups in total. The van der Waals surface area contributed by atoms with Crippen LogP contribution in [0.15, 0.2) is 30.5 Å². The Kier molecular flexibility index (Phi) is 5.01. The number of rotatable bonds is 4. The predicted molar refractivity (Wildman–Crippen MR) is 91.7 cm³/mol. The van der Waals surface area contributed by atoms with E-state index in [1.54, 1.807) is 0 Å². The van der Waals surface area contributed by atoms with E-state index < -0.39 is 0 Å². The molecule has 1 aromatic carbocycles. The monoisotopic (exact) mass is 331 g/mol. The first-order valence-electron chi connectivity index (χ1n) is 8.15. The van der Waals surface area contributed by atoms with Gasteiger partial charge >= 0.3 is 0 Å². The van der Waals surface area contributed by atoms with E-state index >= 15 is 0 Å². The van der Waals surface area contributed by atoms with E-state index in [2.05, 4.69) is 9.97 Å². The van der Waals surface area contributed by atoms with Crippen LogP contribution in [-0.4, -0.2) is 33.9 Å². The summed E-state index contributed by atoms with van der Waals surface area (Å²) >= 11 is 5.89. The van der Waals surface area contributed by atoms with Crippen molar-refractivity contribution in [2.45, 2.75) is 38.5 Å². The highest BCUT2D eigenvalue weighted by molar-refractivity contribution is 6.30. The van der Waals surface area contributed by atoms with E-state index in [1.807, 2.05) is 42.3 Å². The smallest absolute Gasteiger partial charge is 0.222 e. The number of aromatic nitrogens is 2. The Morgan fingerprint density at radius 1 is 1.39 bits per heavy atom. The van der Waals surface area contributed by atoms with Gasteiger partial charge in [-0.05, 0) is 43.9 Å². The van der Waals surface area contributed by atoms with Gasteiger partial charge in [-0.15, -0.1) is 0 Å². The molecule has 0 aliphatic carbocycles. The van der Waals surface area contributed by atoms with Gasteiger partial charge in [-0.3, -0.25) is 4.79 Å². The van der Waals surface area contributed by atoms with Gasteiger partial charge in [0, 0.05) is 42.3 Å². The zero-order valence-electron chi connectivity index (χ0n) is 13.4. The lowest BCUT2D eigenvalue weighted by atomic mass is 9.97. The minimum Gasteiger partial charge on any atom is -0.346 e. The van der Waals surface area contributed by atoms with Crippen molar-refractivity contribution in [3.8, 4) is 0 Å². The summed E-state index contributed by atoms with van der Waals surface area (Å²) in [7, 11) is 0. The van der Waals surface area contributed by atoms with Crippen LogP contribution in [-0.2, 0) is 11.2 Å². The molecule has 2 aromatic rings. The molecular formula is C18H22ClN3O. The fourth-order valence-electron chi connectivity index (χ4n) is 3.13. The van der Waals surface area contributed by atoms with Crippen LogP contribution < -0.4 is 0 Å².